The number of aryl methyl sites for hydroxylation is 1. The third-order valence-corrected chi connectivity index (χ3v) is 5.17. The van der Waals surface area contributed by atoms with Crippen molar-refractivity contribution in [3.8, 4) is 40.0 Å². The number of benzene rings is 3. The molecule has 0 atom stereocenters. The zero-order valence-electron chi connectivity index (χ0n) is 18.8. The Morgan fingerprint density at radius 3 is 2.21 bits per heavy atom. The van der Waals surface area contributed by atoms with Crippen molar-refractivity contribution in [3.63, 3.8) is 0 Å². The average Bonchev–Trinajstić information content (AvgIpc) is 3.34. The van der Waals surface area contributed by atoms with E-state index in [-0.39, 0.29) is 5.91 Å². The number of ether oxygens (including phenoxy) is 3. The quantitative estimate of drug-likeness (QED) is 0.400. The van der Waals surface area contributed by atoms with Gasteiger partial charge in [0.25, 0.3) is 5.91 Å². The maximum atomic E-state index is 13.2. The van der Waals surface area contributed by atoms with Gasteiger partial charge in [-0.1, -0.05) is 42.0 Å². The van der Waals surface area contributed by atoms with Crippen LogP contribution in [-0.2, 0) is 0 Å². The maximum absolute atomic E-state index is 13.2. The van der Waals surface area contributed by atoms with E-state index in [0.29, 0.717) is 45.7 Å². The van der Waals surface area contributed by atoms with E-state index in [1.807, 2.05) is 37.3 Å². The molecule has 0 aliphatic heterocycles. The van der Waals surface area contributed by atoms with Gasteiger partial charge in [0.1, 0.15) is 0 Å². The molecular weight excluding hydrogens is 420 g/mol. The van der Waals surface area contributed by atoms with Crippen molar-refractivity contribution >= 4 is 11.6 Å². The Labute approximate surface area is 191 Å². The highest BCUT2D eigenvalue weighted by molar-refractivity contribution is 6.08. The summed E-state index contributed by atoms with van der Waals surface area (Å²) >= 11 is 0. The molecule has 7 nitrogen and oxygen atoms in total. The van der Waals surface area contributed by atoms with Gasteiger partial charge in [-0.15, -0.1) is 0 Å². The number of hydrogen-bond acceptors (Lipinski definition) is 6. The molecule has 0 radical (unpaired) electrons. The Kier molecular flexibility index (Phi) is 6.31. The molecule has 1 aromatic heterocycles. The van der Waals surface area contributed by atoms with Gasteiger partial charge in [0.05, 0.1) is 33.1 Å². The predicted molar refractivity (Wildman–Crippen MR) is 126 cm³/mol. The van der Waals surface area contributed by atoms with Gasteiger partial charge < -0.3 is 23.9 Å². The van der Waals surface area contributed by atoms with Crippen molar-refractivity contribution in [2.75, 3.05) is 26.6 Å². The van der Waals surface area contributed by atoms with Crippen LogP contribution in [0.5, 0.6) is 17.2 Å². The number of anilines is 1. The lowest BCUT2D eigenvalue weighted by Crippen LogP contribution is -2.13. The molecule has 3 aromatic carbocycles. The first kappa shape index (κ1) is 22.0. The van der Waals surface area contributed by atoms with Gasteiger partial charge in [-0.2, -0.15) is 0 Å². The van der Waals surface area contributed by atoms with Crippen LogP contribution in [0, 0.1) is 6.92 Å². The number of amides is 1. The van der Waals surface area contributed by atoms with Gasteiger partial charge in [0.2, 0.25) is 11.6 Å². The molecule has 7 heteroatoms. The molecule has 0 aliphatic rings. The molecule has 33 heavy (non-hydrogen) atoms. The topological polar surface area (TPSA) is 82.8 Å². The molecule has 0 spiro atoms. The summed E-state index contributed by atoms with van der Waals surface area (Å²) in [6.45, 7) is 2.03. The monoisotopic (exact) mass is 444 g/mol. The number of hydrogen-bond donors (Lipinski definition) is 1. The molecule has 0 fully saturated rings. The van der Waals surface area contributed by atoms with Gasteiger partial charge in [-0.25, -0.2) is 4.98 Å². The summed E-state index contributed by atoms with van der Waals surface area (Å²) in [4.78, 5) is 17.6. The van der Waals surface area contributed by atoms with Crippen LogP contribution in [0.1, 0.15) is 15.9 Å². The van der Waals surface area contributed by atoms with Crippen molar-refractivity contribution in [3.05, 3.63) is 78.0 Å². The lowest BCUT2D eigenvalue weighted by atomic mass is 10.1. The largest absolute Gasteiger partial charge is 0.493 e. The number of nitrogens with zero attached hydrogens (tertiary/aromatic N) is 1. The molecule has 0 bridgehead atoms. The van der Waals surface area contributed by atoms with E-state index in [4.69, 9.17) is 18.6 Å². The van der Waals surface area contributed by atoms with Crippen molar-refractivity contribution in [1.29, 1.82) is 0 Å². The highest BCUT2D eigenvalue weighted by atomic mass is 16.5. The fraction of sp³-hybridized carbons (Fsp3) is 0.154. The van der Waals surface area contributed by atoms with Crippen molar-refractivity contribution < 1.29 is 23.4 Å². The molecule has 0 aliphatic carbocycles. The van der Waals surface area contributed by atoms with Crippen LogP contribution >= 0.6 is 0 Å². The Bertz CT molecular complexity index is 1250. The SMILES string of the molecule is COc1cc(NC(=O)c2ccccc2-c2ncc(-c3ccc(C)cc3)o2)cc(OC)c1OC. The van der Waals surface area contributed by atoms with Gasteiger partial charge in [-0.05, 0) is 19.1 Å². The molecule has 1 heterocycles. The van der Waals surface area contributed by atoms with Crippen LogP contribution in [0.15, 0.2) is 71.3 Å². The van der Waals surface area contributed by atoms with E-state index in [0.717, 1.165) is 11.1 Å². The Hall–Kier alpha value is -4.26. The van der Waals surface area contributed by atoms with E-state index in [1.165, 1.54) is 21.3 Å². The molecule has 168 valence electrons. The number of methoxy groups -OCH3 is 3. The summed E-state index contributed by atoms with van der Waals surface area (Å²) in [5.41, 5.74) is 3.58. The number of oxazole rings is 1. The van der Waals surface area contributed by atoms with Crippen molar-refractivity contribution in [1.82, 2.24) is 4.98 Å². The minimum absolute atomic E-state index is 0.324. The molecule has 0 saturated carbocycles. The van der Waals surface area contributed by atoms with Crippen molar-refractivity contribution in [2.45, 2.75) is 6.92 Å². The Balaban J connectivity index is 1.65. The second-order valence-corrected chi connectivity index (χ2v) is 7.31. The van der Waals surface area contributed by atoms with Crippen LogP contribution in [0.2, 0.25) is 0 Å². The minimum atomic E-state index is -0.324. The van der Waals surface area contributed by atoms with Crippen LogP contribution in [0.4, 0.5) is 5.69 Å². The first-order valence-electron chi connectivity index (χ1n) is 10.3. The zero-order chi connectivity index (χ0) is 23.4. The molecular formula is C26H24N2O5. The third-order valence-electron chi connectivity index (χ3n) is 5.17. The first-order chi connectivity index (χ1) is 16.0. The molecule has 1 amide bonds. The molecule has 4 aromatic rings. The normalized spacial score (nSPS) is 10.5. The van der Waals surface area contributed by atoms with Crippen LogP contribution in [0.3, 0.4) is 0 Å². The number of rotatable bonds is 7. The standard InChI is InChI=1S/C26H24N2O5/c1-16-9-11-17(12-10-16)23-15-27-26(33-23)20-8-6-5-7-19(20)25(29)28-18-13-21(30-2)24(32-4)22(14-18)31-3/h5-15H,1-4H3,(H,28,29). The average molecular weight is 444 g/mol. The van der Waals surface area contributed by atoms with Crippen molar-refractivity contribution in [2.24, 2.45) is 0 Å². The van der Waals surface area contributed by atoms with E-state index in [1.54, 1.807) is 36.5 Å². The highest BCUT2D eigenvalue weighted by Gasteiger charge is 2.19. The summed E-state index contributed by atoms with van der Waals surface area (Å²) in [7, 11) is 4.56. The summed E-state index contributed by atoms with van der Waals surface area (Å²) in [6.07, 6.45) is 1.66. The summed E-state index contributed by atoms with van der Waals surface area (Å²) in [5.74, 6) is 1.99. The number of aromatic nitrogens is 1. The summed E-state index contributed by atoms with van der Waals surface area (Å²) in [5, 5.41) is 2.89. The van der Waals surface area contributed by atoms with Gasteiger partial charge in [0.15, 0.2) is 17.3 Å². The number of carbonyl (C=O) groups excluding carboxylic acids is 1. The van der Waals surface area contributed by atoms with E-state index in [9.17, 15) is 4.79 Å². The minimum Gasteiger partial charge on any atom is -0.493 e. The zero-order valence-corrected chi connectivity index (χ0v) is 18.8. The third kappa shape index (κ3) is 4.52. The summed E-state index contributed by atoms with van der Waals surface area (Å²) in [6, 6.07) is 18.5. The van der Waals surface area contributed by atoms with Gasteiger partial charge >= 0.3 is 0 Å². The van der Waals surface area contributed by atoms with E-state index in [2.05, 4.69) is 10.3 Å². The van der Waals surface area contributed by atoms with Crippen LogP contribution in [0.25, 0.3) is 22.8 Å². The lowest BCUT2D eigenvalue weighted by molar-refractivity contribution is 0.102. The smallest absolute Gasteiger partial charge is 0.256 e. The second kappa shape index (κ2) is 9.48. The second-order valence-electron chi connectivity index (χ2n) is 7.31. The number of carbonyl (C=O) groups is 1. The Morgan fingerprint density at radius 2 is 1.58 bits per heavy atom. The number of nitrogens with one attached hydrogen (secondary N) is 1. The van der Waals surface area contributed by atoms with E-state index < -0.39 is 0 Å². The van der Waals surface area contributed by atoms with Crippen LogP contribution < -0.4 is 19.5 Å². The highest BCUT2D eigenvalue weighted by Crippen LogP contribution is 2.40. The molecule has 4 rings (SSSR count). The van der Waals surface area contributed by atoms with Gasteiger partial charge in [-0.3, -0.25) is 4.79 Å². The predicted octanol–water partition coefficient (Wildman–Crippen LogP) is 5.60. The van der Waals surface area contributed by atoms with Gasteiger partial charge in [0, 0.05) is 28.9 Å². The van der Waals surface area contributed by atoms with E-state index >= 15 is 0 Å². The Morgan fingerprint density at radius 1 is 0.909 bits per heavy atom. The summed E-state index contributed by atoms with van der Waals surface area (Å²) < 4.78 is 22.1. The maximum Gasteiger partial charge on any atom is 0.256 e. The fourth-order valence-electron chi connectivity index (χ4n) is 3.47. The lowest BCUT2D eigenvalue weighted by Gasteiger charge is -2.15. The molecule has 0 saturated heterocycles. The first-order valence-corrected chi connectivity index (χ1v) is 10.3. The molecule has 0 unspecified atom stereocenters. The van der Waals surface area contributed by atoms with Crippen LogP contribution in [-0.4, -0.2) is 32.2 Å². The molecule has 1 N–H and O–H groups in total. The fourth-order valence-corrected chi connectivity index (χ4v) is 3.47.